The number of esters is 10. The van der Waals surface area contributed by atoms with Crippen molar-refractivity contribution in [2.45, 2.75) is 176 Å². The standard InChI is InChI=1S/C19H20O4.C15H20O4.C13H16O4.C11H20O4.C9H16O4/c20-18(22-14-16-8-3-1-4-9-16)12-7-13-19(21)23-15-17-10-5-2-6-11-17;1-2-11-18-14(16)9-6-10-15(17)19-12-13-7-4-3-5-8-13;1-16-12(14)8-5-9-13(15)17-10-11-6-3-2-4-7-11;1-3-8-14-10(12)6-5-7-11(13)15-9-4-2;1-3-7-13-9(11)6-4-5-8(10)12-2/h1-6,8-11H,7,12-15H2;3-5,7-8H,2,6,9-12H2,1H3;2-4,6-7H,5,8-10H2,1H3;3-9H2,1-2H3;3-7H2,1-2H3. The Morgan fingerprint density at radius 1 is 0.241 bits per heavy atom. The number of methoxy groups -OCH3 is 2. The minimum absolute atomic E-state index is 0.216. The van der Waals surface area contributed by atoms with E-state index < -0.39 is 0 Å². The summed E-state index contributed by atoms with van der Waals surface area (Å²) in [7, 11) is 2.66. The van der Waals surface area contributed by atoms with Crippen LogP contribution < -0.4 is 0 Å². The summed E-state index contributed by atoms with van der Waals surface area (Å²) < 4.78 is 48.8. The van der Waals surface area contributed by atoms with E-state index in [-0.39, 0.29) is 137 Å². The molecule has 0 N–H and O–H groups in total. The van der Waals surface area contributed by atoms with E-state index in [2.05, 4.69) is 9.47 Å². The van der Waals surface area contributed by atoms with Crippen molar-refractivity contribution in [1.29, 1.82) is 0 Å². The second-order valence-electron chi connectivity index (χ2n) is 18.9. The van der Waals surface area contributed by atoms with Crippen molar-refractivity contribution in [1.82, 2.24) is 0 Å². The Morgan fingerprint density at radius 2 is 0.402 bits per heavy atom. The second kappa shape index (κ2) is 55.5. The molecular weight excluding hydrogens is 1120 g/mol. The molecule has 4 aromatic carbocycles. The lowest BCUT2D eigenvalue weighted by molar-refractivity contribution is -0.148. The van der Waals surface area contributed by atoms with Crippen molar-refractivity contribution >= 4 is 59.7 Å². The van der Waals surface area contributed by atoms with Gasteiger partial charge in [-0.15, -0.1) is 0 Å². The zero-order chi connectivity index (χ0) is 64.4. The van der Waals surface area contributed by atoms with Gasteiger partial charge >= 0.3 is 59.7 Å². The summed E-state index contributed by atoms with van der Waals surface area (Å²) in [6, 6.07) is 37.9. The van der Waals surface area contributed by atoms with Gasteiger partial charge in [0.15, 0.2) is 0 Å². The van der Waals surface area contributed by atoms with E-state index >= 15 is 0 Å². The Labute approximate surface area is 513 Å². The minimum atomic E-state index is -0.305. The highest BCUT2D eigenvalue weighted by molar-refractivity contribution is 5.75. The Kier molecular flexibility index (Phi) is 50.1. The fourth-order valence-corrected chi connectivity index (χ4v) is 6.48. The Balaban J connectivity index is 0.00000108. The number of ether oxygens (including phenoxy) is 10. The summed E-state index contributed by atoms with van der Waals surface area (Å²) >= 11 is 0. The molecule has 0 bridgehead atoms. The van der Waals surface area contributed by atoms with E-state index in [1.807, 2.05) is 149 Å². The number of hydrogen-bond acceptors (Lipinski definition) is 20. The van der Waals surface area contributed by atoms with E-state index in [4.69, 9.17) is 37.9 Å². The van der Waals surface area contributed by atoms with Crippen molar-refractivity contribution in [2.75, 3.05) is 40.6 Å². The van der Waals surface area contributed by atoms with Gasteiger partial charge in [0.05, 0.1) is 40.6 Å². The molecule has 20 nitrogen and oxygen atoms in total. The quantitative estimate of drug-likeness (QED) is 0.0302. The topological polar surface area (TPSA) is 263 Å². The third kappa shape index (κ3) is 50.6. The molecule has 480 valence electrons. The molecule has 0 atom stereocenters. The largest absolute Gasteiger partial charge is 0.469 e. The lowest BCUT2D eigenvalue weighted by Gasteiger charge is -2.06. The van der Waals surface area contributed by atoms with Crippen LogP contribution in [0.15, 0.2) is 121 Å². The monoisotopic (exact) mass is 1220 g/mol. The molecule has 0 amide bonds. The maximum absolute atomic E-state index is 11.6. The summed E-state index contributed by atoms with van der Waals surface area (Å²) in [5, 5.41) is 0. The number of benzene rings is 4. The first-order chi connectivity index (χ1) is 42.1. The normalized spacial score (nSPS) is 9.82. The summed E-state index contributed by atoms with van der Waals surface area (Å²) in [5.74, 6) is -2.74. The van der Waals surface area contributed by atoms with Crippen LogP contribution >= 0.6 is 0 Å². The van der Waals surface area contributed by atoms with Crippen molar-refractivity contribution < 1.29 is 95.3 Å². The third-order valence-electron chi connectivity index (χ3n) is 11.1. The lowest BCUT2D eigenvalue weighted by Crippen LogP contribution is -2.08. The Bertz CT molecular complexity index is 2390. The zero-order valence-electron chi connectivity index (χ0n) is 51.8. The molecule has 0 spiro atoms. The average Bonchev–Trinajstić information content (AvgIpc) is 3.60. The van der Waals surface area contributed by atoms with Gasteiger partial charge in [-0.3, -0.25) is 47.9 Å². The Morgan fingerprint density at radius 3 is 0.563 bits per heavy atom. The van der Waals surface area contributed by atoms with Crippen LogP contribution in [0, 0.1) is 0 Å². The van der Waals surface area contributed by atoms with Crippen LogP contribution in [-0.2, 0) is 122 Å². The maximum atomic E-state index is 11.6. The smallest absolute Gasteiger partial charge is 0.306 e. The van der Waals surface area contributed by atoms with E-state index in [0.717, 1.165) is 47.9 Å². The lowest BCUT2D eigenvalue weighted by atomic mass is 10.2. The molecule has 0 unspecified atom stereocenters. The second-order valence-corrected chi connectivity index (χ2v) is 18.9. The first-order valence-electron chi connectivity index (χ1n) is 29.6. The fraction of sp³-hybridized carbons (Fsp3) is 0.493. The summed E-state index contributed by atoms with van der Waals surface area (Å²) in [6.45, 7) is 10.6. The van der Waals surface area contributed by atoms with Crippen LogP contribution in [0.2, 0.25) is 0 Å². The highest BCUT2D eigenvalue weighted by atomic mass is 16.6. The molecule has 0 fully saturated rings. The van der Waals surface area contributed by atoms with Crippen molar-refractivity contribution in [3.05, 3.63) is 144 Å². The van der Waals surface area contributed by atoms with Gasteiger partial charge in [0.1, 0.15) is 26.4 Å². The molecule has 0 saturated carbocycles. The molecular formula is C67H92O20. The SMILES string of the molecule is CCCOC(=O)CCCC(=O)OC.CCCOC(=O)CCCC(=O)OCCC.CCCOC(=O)CCCC(=O)OCc1ccccc1.COC(=O)CCCC(=O)OCc1ccccc1.O=C(CCCC(=O)OCc1ccccc1)OCc1ccccc1. The van der Waals surface area contributed by atoms with Crippen LogP contribution in [0.5, 0.6) is 0 Å². The van der Waals surface area contributed by atoms with Gasteiger partial charge in [0.2, 0.25) is 0 Å². The van der Waals surface area contributed by atoms with Crippen LogP contribution in [-0.4, -0.2) is 100 Å². The molecule has 0 aliphatic heterocycles. The first kappa shape index (κ1) is 78.6. The van der Waals surface area contributed by atoms with Crippen LogP contribution in [0.1, 0.15) is 172 Å². The molecule has 20 heteroatoms. The number of carbonyl (C=O) groups excluding carboxylic acids is 10. The summed E-state index contributed by atoms with van der Waals surface area (Å²) in [4.78, 5) is 112. The highest BCUT2D eigenvalue weighted by Gasteiger charge is 2.11. The molecule has 0 aliphatic rings. The Hall–Kier alpha value is -8.42. The summed E-state index contributed by atoms with van der Waals surface area (Å²) in [5.41, 5.74) is 3.80. The average molecular weight is 1220 g/mol. The van der Waals surface area contributed by atoms with E-state index in [0.29, 0.717) is 71.4 Å². The summed E-state index contributed by atoms with van der Waals surface area (Å²) in [6.07, 6.45) is 8.21. The van der Waals surface area contributed by atoms with Gasteiger partial charge in [-0.1, -0.05) is 149 Å². The van der Waals surface area contributed by atoms with Gasteiger partial charge in [-0.25, -0.2) is 0 Å². The number of carbonyl (C=O) groups is 10. The van der Waals surface area contributed by atoms with Crippen molar-refractivity contribution in [2.24, 2.45) is 0 Å². The third-order valence-corrected chi connectivity index (χ3v) is 11.1. The zero-order valence-corrected chi connectivity index (χ0v) is 51.8. The first-order valence-corrected chi connectivity index (χ1v) is 29.6. The molecule has 0 aliphatic carbocycles. The van der Waals surface area contributed by atoms with Crippen molar-refractivity contribution in [3.63, 3.8) is 0 Å². The van der Waals surface area contributed by atoms with E-state index in [1.54, 1.807) is 0 Å². The molecule has 4 aromatic rings. The predicted molar refractivity (Wildman–Crippen MR) is 323 cm³/mol. The maximum Gasteiger partial charge on any atom is 0.306 e. The van der Waals surface area contributed by atoms with E-state index in [1.165, 1.54) is 14.2 Å². The van der Waals surface area contributed by atoms with Crippen LogP contribution in [0.25, 0.3) is 0 Å². The van der Waals surface area contributed by atoms with Crippen LogP contribution in [0.3, 0.4) is 0 Å². The van der Waals surface area contributed by atoms with Crippen LogP contribution in [0.4, 0.5) is 0 Å². The molecule has 0 radical (unpaired) electrons. The minimum Gasteiger partial charge on any atom is -0.469 e. The fourth-order valence-electron chi connectivity index (χ4n) is 6.48. The molecule has 0 saturated heterocycles. The highest BCUT2D eigenvalue weighted by Crippen LogP contribution is 2.10. The molecule has 0 aromatic heterocycles. The molecule has 4 rings (SSSR count). The van der Waals surface area contributed by atoms with Crippen molar-refractivity contribution in [3.8, 4) is 0 Å². The van der Waals surface area contributed by atoms with Gasteiger partial charge < -0.3 is 47.4 Å². The van der Waals surface area contributed by atoms with Gasteiger partial charge in [-0.2, -0.15) is 0 Å². The molecule has 87 heavy (non-hydrogen) atoms. The van der Waals surface area contributed by atoms with Gasteiger partial charge in [0, 0.05) is 64.2 Å². The number of rotatable bonds is 36. The predicted octanol–water partition coefficient (Wildman–Crippen LogP) is 11.9. The number of hydrogen-bond donors (Lipinski definition) is 0. The molecule has 0 heterocycles. The van der Waals surface area contributed by atoms with E-state index in [9.17, 15) is 47.9 Å². The van der Waals surface area contributed by atoms with Gasteiger partial charge in [-0.05, 0) is 80.0 Å². The van der Waals surface area contributed by atoms with Gasteiger partial charge in [0.25, 0.3) is 0 Å².